The Balaban J connectivity index is 0.000000290. The van der Waals surface area contributed by atoms with Crippen molar-refractivity contribution >= 4 is 17.5 Å². The van der Waals surface area contributed by atoms with Crippen LogP contribution in [0.3, 0.4) is 0 Å². The number of hydrogen-bond acceptors (Lipinski definition) is 2. The summed E-state index contributed by atoms with van der Waals surface area (Å²) in [5.41, 5.74) is 0.791. The fourth-order valence-corrected chi connectivity index (χ4v) is 2.42. The van der Waals surface area contributed by atoms with Crippen LogP contribution in [0, 0.1) is 11.7 Å². The van der Waals surface area contributed by atoms with Crippen LogP contribution in [0.4, 0.5) is 4.39 Å². The monoisotopic (exact) mass is 364 g/mol. The number of rotatable bonds is 3. The van der Waals surface area contributed by atoms with Gasteiger partial charge in [0, 0.05) is 18.1 Å². The van der Waals surface area contributed by atoms with Gasteiger partial charge in [-0.1, -0.05) is 55.8 Å². The number of hydrogen-bond donors (Lipinski definition) is 2. The van der Waals surface area contributed by atoms with Crippen molar-refractivity contribution in [3.8, 4) is 0 Å². The standard InChI is InChI=1S/C12H15FN2O.C6H5Cl.C2H6/c13-11-3-1-2-9(6-11)7-15-12(16)10-4-5-14-8-10;7-6-4-2-1-3-5-6;1-2/h1-3,6,10,14H,4-5,7-8H2,(H,15,16);1-5H;1-2H3. The Hall–Kier alpha value is -1.91. The molecule has 3 rings (SSSR count). The molecular weight excluding hydrogens is 339 g/mol. The molecule has 1 saturated heterocycles. The molecule has 2 N–H and O–H groups in total. The van der Waals surface area contributed by atoms with E-state index in [1.807, 2.05) is 44.2 Å². The summed E-state index contributed by atoms with van der Waals surface area (Å²) in [6, 6.07) is 15.7. The van der Waals surface area contributed by atoms with E-state index in [0.29, 0.717) is 6.54 Å². The molecule has 5 heteroatoms. The van der Waals surface area contributed by atoms with Crippen molar-refractivity contribution < 1.29 is 9.18 Å². The maximum Gasteiger partial charge on any atom is 0.224 e. The van der Waals surface area contributed by atoms with E-state index in [4.69, 9.17) is 11.6 Å². The minimum absolute atomic E-state index is 0.0502. The van der Waals surface area contributed by atoms with E-state index in [-0.39, 0.29) is 17.6 Å². The Bertz CT molecular complexity index is 616. The van der Waals surface area contributed by atoms with Crippen molar-refractivity contribution in [3.05, 3.63) is 71.0 Å². The lowest BCUT2D eigenvalue weighted by atomic mass is 10.1. The smallest absolute Gasteiger partial charge is 0.224 e. The number of carbonyl (C=O) groups excluding carboxylic acids is 1. The molecule has 1 aliphatic rings. The van der Waals surface area contributed by atoms with E-state index in [2.05, 4.69) is 10.6 Å². The van der Waals surface area contributed by atoms with E-state index in [9.17, 15) is 9.18 Å². The molecule has 1 heterocycles. The predicted molar refractivity (Wildman–Crippen MR) is 102 cm³/mol. The third kappa shape index (κ3) is 8.66. The summed E-state index contributed by atoms with van der Waals surface area (Å²) in [7, 11) is 0. The van der Waals surface area contributed by atoms with E-state index in [1.165, 1.54) is 12.1 Å². The average Bonchev–Trinajstić information content (AvgIpc) is 3.18. The van der Waals surface area contributed by atoms with E-state index < -0.39 is 0 Å². The van der Waals surface area contributed by atoms with Gasteiger partial charge >= 0.3 is 0 Å². The lowest BCUT2D eigenvalue weighted by Crippen LogP contribution is -2.31. The van der Waals surface area contributed by atoms with E-state index >= 15 is 0 Å². The summed E-state index contributed by atoms with van der Waals surface area (Å²) in [6.07, 6.45) is 0.884. The van der Waals surface area contributed by atoms with Gasteiger partial charge in [-0.2, -0.15) is 0 Å². The predicted octanol–water partition coefficient (Wildman–Crippen LogP) is 4.42. The molecule has 0 bridgehead atoms. The Kier molecular flexibility index (Phi) is 10.5. The highest BCUT2D eigenvalue weighted by Crippen LogP contribution is 2.08. The lowest BCUT2D eigenvalue weighted by Gasteiger charge is -2.09. The fraction of sp³-hybridized carbons (Fsp3) is 0.350. The number of benzene rings is 2. The molecule has 1 fully saturated rings. The first-order valence-electron chi connectivity index (χ1n) is 8.58. The van der Waals surface area contributed by atoms with Gasteiger partial charge in [0.1, 0.15) is 5.82 Å². The topological polar surface area (TPSA) is 41.1 Å². The third-order valence-electron chi connectivity index (χ3n) is 3.52. The first-order valence-corrected chi connectivity index (χ1v) is 8.96. The molecular formula is C20H26ClFN2O. The number of halogens is 2. The fourth-order valence-electron chi connectivity index (χ4n) is 2.27. The second-order valence-electron chi connectivity index (χ2n) is 5.33. The highest BCUT2D eigenvalue weighted by Gasteiger charge is 2.21. The Morgan fingerprint density at radius 3 is 2.44 bits per heavy atom. The van der Waals surface area contributed by atoms with Gasteiger partial charge in [0.2, 0.25) is 5.91 Å². The van der Waals surface area contributed by atoms with Gasteiger partial charge in [0.25, 0.3) is 0 Å². The first-order chi connectivity index (χ1) is 12.1. The third-order valence-corrected chi connectivity index (χ3v) is 3.77. The van der Waals surface area contributed by atoms with Crippen molar-refractivity contribution in [2.24, 2.45) is 5.92 Å². The molecule has 25 heavy (non-hydrogen) atoms. The first kappa shape index (κ1) is 21.1. The summed E-state index contributed by atoms with van der Waals surface area (Å²) in [5.74, 6) is -0.155. The normalized spacial score (nSPS) is 15.3. The van der Waals surface area contributed by atoms with E-state index in [1.54, 1.807) is 12.1 Å². The Morgan fingerprint density at radius 2 is 1.92 bits per heavy atom. The summed E-state index contributed by atoms with van der Waals surface area (Å²) < 4.78 is 12.9. The van der Waals surface area contributed by atoms with Gasteiger partial charge < -0.3 is 10.6 Å². The van der Waals surface area contributed by atoms with Gasteiger partial charge in [0.05, 0.1) is 5.92 Å². The van der Waals surface area contributed by atoms with Gasteiger partial charge in [-0.25, -0.2) is 4.39 Å². The number of amides is 1. The highest BCUT2D eigenvalue weighted by atomic mass is 35.5. The molecule has 0 radical (unpaired) electrons. The summed E-state index contributed by atoms with van der Waals surface area (Å²) >= 11 is 5.54. The zero-order valence-corrected chi connectivity index (χ0v) is 15.5. The van der Waals surface area contributed by atoms with E-state index in [0.717, 1.165) is 30.1 Å². The van der Waals surface area contributed by atoms with Crippen LogP contribution >= 0.6 is 11.6 Å². The molecule has 2 aromatic rings. The van der Waals surface area contributed by atoms with Crippen LogP contribution in [-0.2, 0) is 11.3 Å². The van der Waals surface area contributed by atoms with Gasteiger partial charge in [-0.05, 0) is 42.8 Å². The summed E-state index contributed by atoms with van der Waals surface area (Å²) in [6.45, 7) is 6.04. The molecule has 0 saturated carbocycles. The maximum atomic E-state index is 12.9. The Morgan fingerprint density at radius 1 is 1.20 bits per heavy atom. The second-order valence-corrected chi connectivity index (χ2v) is 5.77. The van der Waals surface area contributed by atoms with Crippen LogP contribution in [0.1, 0.15) is 25.8 Å². The van der Waals surface area contributed by atoms with Crippen LogP contribution in [0.25, 0.3) is 0 Å². The molecule has 1 unspecified atom stereocenters. The lowest BCUT2D eigenvalue weighted by molar-refractivity contribution is -0.124. The molecule has 1 amide bonds. The molecule has 1 atom stereocenters. The van der Waals surface area contributed by atoms with Crippen molar-refractivity contribution in [3.63, 3.8) is 0 Å². The quantitative estimate of drug-likeness (QED) is 0.846. The van der Waals surface area contributed by atoms with Crippen LogP contribution in [0.2, 0.25) is 5.02 Å². The largest absolute Gasteiger partial charge is 0.352 e. The molecule has 0 spiro atoms. The second kappa shape index (κ2) is 12.5. The molecule has 136 valence electrons. The van der Waals surface area contributed by atoms with Gasteiger partial charge in [-0.3, -0.25) is 4.79 Å². The van der Waals surface area contributed by atoms with Crippen molar-refractivity contribution in [2.75, 3.05) is 13.1 Å². The van der Waals surface area contributed by atoms with Crippen LogP contribution in [0.5, 0.6) is 0 Å². The summed E-state index contributed by atoms with van der Waals surface area (Å²) in [4.78, 5) is 11.7. The zero-order chi connectivity index (χ0) is 18.5. The molecule has 0 aliphatic carbocycles. The minimum Gasteiger partial charge on any atom is -0.352 e. The molecule has 2 aromatic carbocycles. The zero-order valence-electron chi connectivity index (χ0n) is 14.8. The minimum atomic E-state index is -0.269. The van der Waals surface area contributed by atoms with Crippen molar-refractivity contribution in [1.29, 1.82) is 0 Å². The summed E-state index contributed by atoms with van der Waals surface area (Å²) in [5, 5.41) is 6.76. The average molecular weight is 365 g/mol. The van der Waals surface area contributed by atoms with Crippen LogP contribution in [0.15, 0.2) is 54.6 Å². The van der Waals surface area contributed by atoms with Crippen LogP contribution < -0.4 is 10.6 Å². The highest BCUT2D eigenvalue weighted by molar-refractivity contribution is 6.30. The molecule has 1 aliphatic heterocycles. The number of carbonyl (C=O) groups is 1. The van der Waals surface area contributed by atoms with Crippen LogP contribution in [-0.4, -0.2) is 19.0 Å². The van der Waals surface area contributed by atoms with Gasteiger partial charge in [-0.15, -0.1) is 0 Å². The number of nitrogens with one attached hydrogen (secondary N) is 2. The Labute approximate surface area is 154 Å². The van der Waals surface area contributed by atoms with Crippen molar-refractivity contribution in [1.82, 2.24) is 10.6 Å². The molecule has 3 nitrogen and oxygen atoms in total. The maximum absolute atomic E-state index is 12.9. The van der Waals surface area contributed by atoms with Gasteiger partial charge in [0.15, 0.2) is 0 Å². The molecule has 0 aromatic heterocycles. The SMILES string of the molecule is CC.Clc1ccccc1.O=C(NCc1cccc(F)c1)C1CCNC1. The van der Waals surface area contributed by atoms with Crippen molar-refractivity contribution in [2.45, 2.75) is 26.8 Å².